The fraction of sp³-hybridized carbons (Fsp3) is 0.300. The molecule has 0 unspecified atom stereocenters. The van der Waals surface area contributed by atoms with Crippen LogP contribution in [-0.2, 0) is 9.59 Å². The molecule has 1 aliphatic heterocycles. The second kappa shape index (κ2) is 7.91. The Labute approximate surface area is 152 Å². The van der Waals surface area contributed by atoms with Crippen molar-refractivity contribution < 1.29 is 19.1 Å². The van der Waals surface area contributed by atoms with Gasteiger partial charge in [-0.05, 0) is 30.7 Å². The number of benzene rings is 2. The van der Waals surface area contributed by atoms with Crippen molar-refractivity contribution in [1.29, 1.82) is 0 Å². The second-order valence-electron chi connectivity index (χ2n) is 6.06. The average Bonchev–Trinajstić information content (AvgIpc) is 2.67. The number of anilines is 1. The fourth-order valence-electron chi connectivity index (χ4n) is 2.87. The number of aryl methyl sites for hydroxylation is 1. The average molecular weight is 354 g/mol. The molecule has 2 amide bonds. The van der Waals surface area contributed by atoms with Gasteiger partial charge in [-0.3, -0.25) is 9.59 Å². The lowest BCUT2D eigenvalue weighted by Crippen LogP contribution is -2.50. The number of hydrogen-bond donors (Lipinski definition) is 1. The van der Waals surface area contributed by atoms with Crippen molar-refractivity contribution in [3.63, 3.8) is 0 Å². The maximum atomic E-state index is 12.8. The Bertz CT molecular complexity index is 806. The Morgan fingerprint density at radius 3 is 2.69 bits per heavy atom. The van der Waals surface area contributed by atoms with Crippen LogP contribution in [0, 0.1) is 6.92 Å². The van der Waals surface area contributed by atoms with Crippen LogP contribution in [0.2, 0.25) is 0 Å². The molecule has 136 valence electrons. The third-order valence-corrected chi connectivity index (χ3v) is 4.28. The summed E-state index contributed by atoms with van der Waals surface area (Å²) in [7, 11) is 1.55. The Hall–Kier alpha value is -3.02. The summed E-state index contributed by atoms with van der Waals surface area (Å²) in [5.74, 6) is 0.933. The first-order valence-electron chi connectivity index (χ1n) is 8.56. The van der Waals surface area contributed by atoms with Gasteiger partial charge in [-0.2, -0.15) is 0 Å². The van der Waals surface area contributed by atoms with Crippen molar-refractivity contribution in [3.8, 4) is 11.5 Å². The number of amides is 2. The van der Waals surface area contributed by atoms with Gasteiger partial charge in [0.25, 0.3) is 5.91 Å². The molecule has 1 N–H and O–H groups in total. The van der Waals surface area contributed by atoms with Gasteiger partial charge >= 0.3 is 0 Å². The third kappa shape index (κ3) is 3.79. The minimum Gasteiger partial charge on any atom is -0.493 e. The van der Waals surface area contributed by atoms with E-state index in [9.17, 15) is 9.59 Å². The number of rotatable bonds is 5. The summed E-state index contributed by atoms with van der Waals surface area (Å²) < 4.78 is 11.4. The maximum Gasteiger partial charge on any atom is 0.262 e. The van der Waals surface area contributed by atoms with Crippen LogP contribution in [0.5, 0.6) is 11.5 Å². The van der Waals surface area contributed by atoms with Crippen molar-refractivity contribution in [2.75, 3.05) is 25.1 Å². The van der Waals surface area contributed by atoms with E-state index in [-0.39, 0.29) is 31.4 Å². The smallest absolute Gasteiger partial charge is 0.262 e. The summed E-state index contributed by atoms with van der Waals surface area (Å²) >= 11 is 0. The van der Waals surface area contributed by atoms with Crippen molar-refractivity contribution >= 4 is 17.5 Å². The van der Waals surface area contributed by atoms with Crippen LogP contribution >= 0.6 is 0 Å². The number of carbonyl (C=O) groups is 2. The number of nitrogens with zero attached hydrogens (tertiary/aromatic N) is 1. The largest absolute Gasteiger partial charge is 0.493 e. The van der Waals surface area contributed by atoms with Crippen LogP contribution in [0.1, 0.15) is 12.0 Å². The zero-order chi connectivity index (χ0) is 18.5. The molecule has 2 aromatic carbocycles. The SMILES string of the molecule is CNC(=O)[C@H]1CN(C(=O)CCOc2ccccc2C)c2ccccc2O1. The fourth-order valence-corrected chi connectivity index (χ4v) is 2.87. The van der Waals surface area contributed by atoms with Crippen LogP contribution in [0.15, 0.2) is 48.5 Å². The number of ether oxygens (including phenoxy) is 2. The number of carbonyl (C=O) groups excluding carboxylic acids is 2. The first kappa shape index (κ1) is 17.8. The van der Waals surface area contributed by atoms with Crippen LogP contribution < -0.4 is 19.7 Å². The zero-order valence-corrected chi connectivity index (χ0v) is 14.9. The summed E-state index contributed by atoms with van der Waals surface area (Å²) in [5, 5.41) is 2.57. The van der Waals surface area contributed by atoms with Crippen molar-refractivity contribution in [1.82, 2.24) is 5.32 Å². The third-order valence-electron chi connectivity index (χ3n) is 4.28. The van der Waals surface area contributed by atoms with Gasteiger partial charge in [0.15, 0.2) is 6.10 Å². The van der Waals surface area contributed by atoms with E-state index in [2.05, 4.69) is 5.32 Å². The lowest BCUT2D eigenvalue weighted by Gasteiger charge is -2.34. The standard InChI is InChI=1S/C20H22N2O4/c1-14-7-3-5-9-16(14)25-12-11-19(23)22-13-18(20(24)21-2)26-17-10-6-4-8-15(17)22/h3-10,18H,11-13H2,1-2H3,(H,21,24)/t18-/m1/s1. The van der Waals surface area contributed by atoms with Gasteiger partial charge < -0.3 is 19.7 Å². The van der Waals surface area contributed by atoms with Crippen LogP contribution in [-0.4, -0.2) is 38.1 Å². The summed E-state index contributed by atoms with van der Waals surface area (Å²) in [5.41, 5.74) is 1.70. The van der Waals surface area contributed by atoms with Gasteiger partial charge in [0.1, 0.15) is 11.5 Å². The predicted octanol–water partition coefficient (Wildman–Crippen LogP) is 2.30. The Kier molecular flexibility index (Phi) is 5.41. The second-order valence-corrected chi connectivity index (χ2v) is 6.06. The van der Waals surface area contributed by atoms with Crippen molar-refractivity contribution in [3.05, 3.63) is 54.1 Å². The van der Waals surface area contributed by atoms with Gasteiger partial charge in [-0.15, -0.1) is 0 Å². The minimum absolute atomic E-state index is 0.108. The summed E-state index contributed by atoms with van der Waals surface area (Å²) in [6.45, 7) is 2.41. The molecule has 0 radical (unpaired) electrons. The molecule has 1 aliphatic rings. The quantitative estimate of drug-likeness (QED) is 0.895. The molecule has 1 atom stereocenters. The molecule has 0 saturated heterocycles. The summed E-state index contributed by atoms with van der Waals surface area (Å²) in [4.78, 5) is 26.3. The Balaban J connectivity index is 1.69. The van der Waals surface area contributed by atoms with Gasteiger partial charge in [0, 0.05) is 7.05 Å². The van der Waals surface area contributed by atoms with Gasteiger partial charge in [0.2, 0.25) is 5.91 Å². The number of fused-ring (bicyclic) bond motifs is 1. The molecule has 6 heteroatoms. The van der Waals surface area contributed by atoms with E-state index in [1.807, 2.05) is 49.4 Å². The predicted molar refractivity (Wildman–Crippen MR) is 98.6 cm³/mol. The molecule has 26 heavy (non-hydrogen) atoms. The van der Waals surface area contributed by atoms with Gasteiger partial charge in [-0.25, -0.2) is 0 Å². The van der Waals surface area contributed by atoms with E-state index in [0.29, 0.717) is 11.4 Å². The molecule has 0 aliphatic carbocycles. The minimum atomic E-state index is -0.726. The molecule has 0 bridgehead atoms. The van der Waals surface area contributed by atoms with E-state index in [1.54, 1.807) is 18.0 Å². The molecule has 0 fully saturated rings. The Morgan fingerprint density at radius 1 is 1.19 bits per heavy atom. The highest BCUT2D eigenvalue weighted by Gasteiger charge is 2.33. The van der Waals surface area contributed by atoms with Crippen molar-refractivity contribution in [2.45, 2.75) is 19.4 Å². The molecular weight excluding hydrogens is 332 g/mol. The first-order valence-corrected chi connectivity index (χ1v) is 8.56. The topological polar surface area (TPSA) is 67.9 Å². The lowest BCUT2D eigenvalue weighted by molar-refractivity contribution is -0.128. The Morgan fingerprint density at radius 2 is 1.92 bits per heavy atom. The molecule has 2 aromatic rings. The maximum absolute atomic E-state index is 12.8. The van der Waals surface area contributed by atoms with Gasteiger partial charge in [0.05, 0.1) is 25.3 Å². The number of para-hydroxylation sites is 3. The van der Waals surface area contributed by atoms with E-state index in [0.717, 1.165) is 11.3 Å². The van der Waals surface area contributed by atoms with Crippen molar-refractivity contribution in [2.24, 2.45) is 0 Å². The highest BCUT2D eigenvalue weighted by Crippen LogP contribution is 2.33. The highest BCUT2D eigenvalue weighted by molar-refractivity contribution is 5.97. The van der Waals surface area contributed by atoms with Crippen LogP contribution in [0.3, 0.4) is 0 Å². The number of hydrogen-bond acceptors (Lipinski definition) is 4. The molecular formula is C20H22N2O4. The van der Waals surface area contributed by atoms with Gasteiger partial charge in [-0.1, -0.05) is 30.3 Å². The zero-order valence-electron chi connectivity index (χ0n) is 14.9. The highest BCUT2D eigenvalue weighted by atomic mass is 16.5. The molecule has 0 spiro atoms. The number of nitrogens with one attached hydrogen (secondary N) is 1. The van der Waals surface area contributed by atoms with E-state index < -0.39 is 6.10 Å². The van der Waals surface area contributed by atoms with E-state index in [1.165, 1.54) is 0 Å². The summed E-state index contributed by atoms with van der Waals surface area (Å²) in [6.07, 6.45) is -0.514. The monoisotopic (exact) mass is 354 g/mol. The number of likely N-dealkylation sites (N-methyl/N-ethyl adjacent to an activating group) is 1. The van der Waals surface area contributed by atoms with Crippen LogP contribution in [0.25, 0.3) is 0 Å². The summed E-state index contributed by atoms with van der Waals surface area (Å²) in [6, 6.07) is 14.9. The van der Waals surface area contributed by atoms with E-state index in [4.69, 9.17) is 9.47 Å². The van der Waals surface area contributed by atoms with Crippen LogP contribution in [0.4, 0.5) is 5.69 Å². The molecule has 6 nitrogen and oxygen atoms in total. The molecule has 0 saturated carbocycles. The lowest BCUT2D eigenvalue weighted by atomic mass is 10.1. The van der Waals surface area contributed by atoms with E-state index >= 15 is 0 Å². The molecule has 3 rings (SSSR count). The normalized spacial score (nSPS) is 15.6. The molecule has 0 aromatic heterocycles. The molecule has 1 heterocycles. The first-order chi connectivity index (χ1) is 12.6.